The highest BCUT2D eigenvalue weighted by Crippen LogP contribution is 2.44. The zero-order valence-electron chi connectivity index (χ0n) is 12.0. The number of carbonyl (C=O) groups excluding carboxylic acids is 1. The molecule has 8 heteroatoms. The summed E-state index contributed by atoms with van der Waals surface area (Å²) in [6.07, 6.45) is -4.43. The summed E-state index contributed by atoms with van der Waals surface area (Å²) in [6.45, 7) is 0. The van der Waals surface area contributed by atoms with Gasteiger partial charge in [0.15, 0.2) is 0 Å². The van der Waals surface area contributed by atoms with Gasteiger partial charge in [-0.1, -0.05) is 35.3 Å². The lowest BCUT2D eigenvalue weighted by Crippen LogP contribution is -2.28. The maximum Gasteiger partial charge on any atom is 0.416 e. The second-order valence-corrected chi connectivity index (χ2v) is 7.03. The van der Waals surface area contributed by atoms with Gasteiger partial charge in [-0.3, -0.25) is 9.69 Å². The zero-order chi connectivity index (χ0) is 17.5. The van der Waals surface area contributed by atoms with Gasteiger partial charge in [-0.2, -0.15) is 13.2 Å². The summed E-state index contributed by atoms with van der Waals surface area (Å²) in [6, 6.07) is 9.71. The predicted octanol–water partition coefficient (Wildman–Crippen LogP) is 5.79. The molecule has 1 atom stereocenters. The average Bonchev–Trinajstić information content (AvgIpc) is 2.91. The summed E-state index contributed by atoms with van der Waals surface area (Å²) in [5.74, 6) is -0.0120. The number of rotatable bonds is 2. The third-order valence-electron chi connectivity index (χ3n) is 3.55. The highest BCUT2D eigenvalue weighted by Gasteiger charge is 2.36. The summed E-state index contributed by atoms with van der Waals surface area (Å²) in [4.78, 5) is 13.7. The lowest BCUT2D eigenvalue weighted by Gasteiger charge is -2.25. The second-order valence-electron chi connectivity index (χ2n) is 5.15. The minimum absolute atomic E-state index is 0.182. The van der Waals surface area contributed by atoms with Crippen LogP contribution in [-0.2, 0) is 11.0 Å². The van der Waals surface area contributed by atoms with E-state index in [4.69, 9.17) is 23.2 Å². The third-order valence-corrected chi connectivity index (χ3v) is 5.50. The molecular formula is C16H10Cl2F3NOS. The summed E-state index contributed by atoms with van der Waals surface area (Å²) in [5.41, 5.74) is 0.169. The normalized spacial score (nSPS) is 18.3. The summed E-state index contributed by atoms with van der Waals surface area (Å²) >= 11 is 13.1. The summed E-state index contributed by atoms with van der Waals surface area (Å²) < 4.78 is 38.8. The van der Waals surface area contributed by atoms with E-state index in [1.165, 1.54) is 28.8 Å². The van der Waals surface area contributed by atoms with E-state index in [9.17, 15) is 18.0 Å². The van der Waals surface area contributed by atoms with Crippen molar-refractivity contribution in [2.24, 2.45) is 0 Å². The van der Waals surface area contributed by atoms with Gasteiger partial charge >= 0.3 is 6.18 Å². The smallest absolute Gasteiger partial charge is 0.295 e. The van der Waals surface area contributed by atoms with Gasteiger partial charge in [0.2, 0.25) is 5.91 Å². The number of amides is 1. The van der Waals surface area contributed by atoms with Gasteiger partial charge in [0, 0.05) is 5.69 Å². The molecule has 0 unspecified atom stereocenters. The Morgan fingerprint density at radius 2 is 1.83 bits per heavy atom. The maximum atomic E-state index is 12.9. The van der Waals surface area contributed by atoms with Crippen molar-refractivity contribution in [2.45, 2.75) is 11.6 Å². The van der Waals surface area contributed by atoms with E-state index in [0.29, 0.717) is 16.3 Å². The predicted molar refractivity (Wildman–Crippen MR) is 90.6 cm³/mol. The van der Waals surface area contributed by atoms with Crippen molar-refractivity contribution >= 4 is 46.6 Å². The van der Waals surface area contributed by atoms with Crippen LogP contribution in [0.25, 0.3) is 0 Å². The summed E-state index contributed by atoms with van der Waals surface area (Å²) in [5, 5.41) is 0.0778. The number of nitrogens with zero attached hydrogens (tertiary/aromatic N) is 1. The first-order chi connectivity index (χ1) is 11.3. The van der Waals surface area contributed by atoms with Crippen LogP contribution in [0.2, 0.25) is 10.0 Å². The molecule has 0 radical (unpaired) electrons. The molecule has 0 spiro atoms. The molecule has 126 valence electrons. The van der Waals surface area contributed by atoms with E-state index in [0.717, 1.165) is 12.1 Å². The molecule has 1 fully saturated rings. The number of hydrogen-bond donors (Lipinski definition) is 0. The largest absolute Gasteiger partial charge is 0.416 e. The number of thioether (sulfide) groups is 1. The number of anilines is 1. The molecule has 0 aromatic heterocycles. The van der Waals surface area contributed by atoms with Crippen LogP contribution in [0.15, 0.2) is 42.5 Å². The molecule has 0 aliphatic carbocycles. The van der Waals surface area contributed by atoms with Gasteiger partial charge < -0.3 is 0 Å². The Labute approximate surface area is 150 Å². The Morgan fingerprint density at radius 3 is 2.50 bits per heavy atom. The number of carbonyl (C=O) groups is 1. The van der Waals surface area contributed by atoms with Crippen LogP contribution in [0.1, 0.15) is 16.5 Å². The van der Waals surface area contributed by atoms with Crippen LogP contribution in [0.5, 0.6) is 0 Å². The van der Waals surface area contributed by atoms with E-state index in [1.807, 2.05) is 0 Å². The first-order valence-electron chi connectivity index (χ1n) is 6.83. The summed E-state index contributed by atoms with van der Waals surface area (Å²) in [7, 11) is 0. The molecule has 2 aromatic rings. The minimum Gasteiger partial charge on any atom is -0.295 e. The van der Waals surface area contributed by atoms with Crippen LogP contribution in [0.3, 0.4) is 0 Å². The molecule has 0 saturated carbocycles. The van der Waals surface area contributed by atoms with Crippen molar-refractivity contribution in [3.8, 4) is 0 Å². The molecule has 2 aromatic carbocycles. The fourth-order valence-corrected chi connectivity index (χ4v) is 3.91. The number of alkyl halides is 3. The van der Waals surface area contributed by atoms with Gasteiger partial charge in [-0.05, 0) is 35.9 Å². The first-order valence-corrected chi connectivity index (χ1v) is 8.64. The lowest BCUT2D eigenvalue weighted by molar-refractivity contribution is -0.137. The van der Waals surface area contributed by atoms with Gasteiger partial charge in [-0.25, -0.2) is 0 Å². The maximum absolute atomic E-state index is 12.9. The van der Waals surface area contributed by atoms with E-state index in [1.54, 1.807) is 18.2 Å². The fraction of sp³-hybridized carbons (Fsp3) is 0.188. The van der Waals surface area contributed by atoms with Crippen molar-refractivity contribution < 1.29 is 18.0 Å². The quantitative estimate of drug-likeness (QED) is 0.645. The van der Waals surface area contributed by atoms with E-state index in [-0.39, 0.29) is 16.7 Å². The SMILES string of the molecule is O=C1CS[C@@H](c2cccc(C(F)(F)F)c2)N1c1ccc(Cl)c(Cl)c1. The monoisotopic (exact) mass is 391 g/mol. The molecular weight excluding hydrogens is 382 g/mol. The van der Waals surface area contributed by atoms with Crippen LogP contribution in [0, 0.1) is 0 Å². The van der Waals surface area contributed by atoms with Crippen LogP contribution in [-0.4, -0.2) is 11.7 Å². The molecule has 1 saturated heterocycles. The molecule has 0 bridgehead atoms. The van der Waals surface area contributed by atoms with Crippen molar-refractivity contribution in [3.05, 3.63) is 63.6 Å². The first kappa shape index (κ1) is 17.5. The van der Waals surface area contributed by atoms with Crippen molar-refractivity contribution in [3.63, 3.8) is 0 Å². The highest BCUT2D eigenvalue weighted by molar-refractivity contribution is 8.00. The van der Waals surface area contributed by atoms with Crippen LogP contribution >= 0.6 is 35.0 Å². The Bertz CT molecular complexity index is 797. The van der Waals surface area contributed by atoms with E-state index >= 15 is 0 Å². The second kappa shape index (κ2) is 6.50. The Balaban J connectivity index is 2.01. The molecule has 1 amide bonds. The molecule has 1 aliphatic heterocycles. The standard InChI is InChI=1S/C16H10Cl2F3NOS/c17-12-5-4-11(7-13(12)18)22-14(23)8-24-15(22)9-2-1-3-10(6-9)16(19,20)21/h1-7,15H,8H2/t15-/m0/s1. The lowest BCUT2D eigenvalue weighted by atomic mass is 10.1. The van der Waals surface area contributed by atoms with Crippen molar-refractivity contribution in [2.75, 3.05) is 10.7 Å². The van der Waals surface area contributed by atoms with Gasteiger partial charge in [-0.15, -0.1) is 11.8 Å². The topological polar surface area (TPSA) is 20.3 Å². The Kier molecular flexibility index (Phi) is 4.73. The van der Waals surface area contributed by atoms with Gasteiger partial charge in [0.1, 0.15) is 5.37 Å². The molecule has 0 N–H and O–H groups in total. The molecule has 1 heterocycles. The molecule has 24 heavy (non-hydrogen) atoms. The van der Waals surface area contributed by atoms with Crippen LogP contribution < -0.4 is 4.90 Å². The van der Waals surface area contributed by atoms with E-state index < -0.39 is 17.1 Å². The number of halogens is 5. The molecule has 2 nitrogen and oxygen atoms in total. The van der Waals surface area contributed by atoms with Crippen LogP contribution in [0.4, 0.5) is 18.9 Å². The van der Waals surface area contributed by atoms with E-state index in [2.05, 4.69) is 0 Å². The van der Waals surface area contributed by atoms with Crippen molar-refractivity contribution in [1.82, 2.24) is 0 Å². The number of benzene rings is 2. The molecule has 3 rings (SSSR count). The van der Waals surface area contributed by atoms with Gasteiger partial charge in [0.25, 0.3) is 0 Å². The Hall–Kier alpha value is -1.37. The fourth-order valence-electron chi connectivity index (χ4n) is 2.45. The average molecular weight is 392 g/mol. The third kappa shape index (κ3) is 3.36. The zero-order valence-corrected chi connectivity index (χ0v) is 14.3. The van der Waals surface area contributed by atoms with Crippen molar-refractivity contribution in [1.29, 1.82) is 0 Å². The van der Waals surface area contributed by atoms with Gasteiger partial charge in [0.05, 0.1) is 21.4 Å². The number of hydrogen-bond acceptors (Lipinski definition) is 2. The molecule has 1 aliphatic rings. The highest BCUT2D eigenvalue weighted by atomic mass is 35.5. The Morgan fingerprint density at radius 1 is 1.08 bits per heavy atom. The minimum atomic E-state index is -4.43.